The molecule has 3 rings (SSSR count). The topological polar surface area (TPSA) is 45.2 Å². The van der Waals surface area contributed by atoms with Crippen LogP contribution in [0.5, 0.6) is 0 Å². The lowest BCUT2D eigenvalue weighted by atomic mass is 10.0. The fraction of sp³-hybridized carbons (Fsp3) is 0.500. The van der Waals surface area contributed by atoms with Gasteiger partial charge in [-0.2, -0.15) is 0 Å². The first-order valence-corrected chi connectivity index (χ1v) is 11.3. The van der Waals surface area contributed by atoms with Crippen molar-refractivity contribution in [2.75, 3.05) is 19.6 Å². The summed E-state index contributed by atoms with van der Waals surface area (Å²) < 4.78 is 0. The molecular formula is C20H27N3OS2. The largest absolute Gasteiger partial charge is 0.352 e. The van der Waals surface area contributed by atoms with E-state index >= 15 is 0 Å². The van der Waals surface area contributed by atoms with E-state index in [4.69, 9.17) is 0 Å². The minimum atomic E-state index is 0.0260. The average molecular weight is 390 g/mol. The lowest BCUT2D eigenvalue weighted by molar-refractivity contribution is 0.0946. The molecule has 1 saturated heterocycles. The minimum absolute atomic E-state index is 0.0260. The third-order valence-corrected chi connectivity index (χ3v) is 6.58. The van der Waals surface area contributed by atoms with Crippen molar-refractivity contribution >= 4 is 29.0 Å². The molecule has 140 valence electrons. The summed E-state index contributed by atoms with van der Waals surface area (Å²) in [6.07, 6.45) is 4.96. The van der Waals surface area contributed by atoms with E-state index in [1.807, 2.05) is 29.8 Å². The number of carbonyl (C=O) groups excluding carboxylic acids is 1. The highest BCUT2D eigenvalue weighted by atomic mass is 32.2. The summed E-state index contributed by atoms with van der Waals surface area (Å²) in [7, 11) is 0. The number of rotatable bonds is 8. The van der Waals surface area contributed by atoms with Crippen LogP contribution in [0.4, 0.5) is 0 Å². The molecule has 6 heteroatoms. The summed E-state index contributed by atoms with van der Waals surface area (Å²) in [6, 6.07) is 8.52. The highest BCUT2D eigenvalue weighted by molar-refractivity contribution is 7.98. The summed E-state index contributed by atoms with van der Waals surface area (Å²) >= 11 is 3.27. The molecule has 2 aromatic rings. The quantitative estimate of drug-likeness (QED) is 0.536. The van der Waals surface area contributed by atoms with E-state index in [9.17, 15) is 4.79 Å². The molecule has 0 saturated carbocycles. The Balaban J connectivity index is 1.46. The summed E-state index contributed by atoms with van der Waals surface area (Å²) in [5.74, 6) is 0.818. The number of piperidine rings is 1. The van der Waals surface area contributed by atoms with Crippen LogP contribution in [-0.2, 0) is 5.75 Å². The van der Waals surface area contributed by atoms with E-state index in [1.54, 1.807) is 23.1 Å². The monoisotopic (exact) mass is 389 g/mol. The van der Waals surface area contributed by atoms with Gasteiger partial charge in [0.05, 0.1) is 16.8 Å². The second kappa shape index (κ2) is 10.1. The average Bonchev–Trinajstić information content (AvgIpc) is 3.18. The van der Waals surface area contributed by atoms with Crippen molar-refractivity contribution in [3.8, 4) is 0 Å². The summed E-state index contributed by atoms with van der Waals surface area (Å²) in [5, 5.41) is 5.15. The SMILES string of the molecule is CC1CCCCN1CCCNC(=O)c1ccccc1SCc1cscn1. The first kappa shape index (κ1) is 19.4. The lowest BCUT2D eigenvalue weighted by Gasteiger charge is -2.33. The molecule has 0 bridgehead atoms. The molecule has 1 atom stereocenters. The van der Waals surface area contributed by atoms with Gasteiger partial charge in [-0.05, 0) is 44.9 Å². The van der Waals surface area contributed by atoms with E-state index in [-0.39, 0.29) is 5.91 Å². The van der Waals surface area contributed by atoms with Crippen molar-refractivity contribution < 1.29 is 4.79 Å². The maximum atomic E-state index is 12.6. The number of benzene rings is 1. The Morgan fingerprint density at radius 2 is 2.27 bits per heavy atom. The maximum Gasteiger partial charge on any atom is 0.252 e. The van der Waals surface area contributed by atoms with E-state index < -0.39 is 0 Å². The van der Waals surface area contributed by atoms with Crippen LogP contribution in [0.1, 0.15) is 48.7 Å². The second-order valence-electron chi connectivity index (χ2n) is 6.75. The minimum Gasteiger partial charge on any atom is -0.352 e. The Bertz CT molecular complexity index is 690. The molecule has 1 N–H and O–H groups in total. The molecule has 0 aliphatic carbocycles. The third-order valence-electron chi connectivity index (χ3n) is 4.84. The number of likely N-dealkylation sites (tertiary alicyclic amines) is 1. The smallest absolute Gasteiger partial charge is 0.252 e. The van der Waals surface area contributed by atoms with Gasteiger partial charge in [0.15, 0.2) is 0 Å². The number of aromatic nitrogens is 1. The van der Waals surface area contributed by atoms with Gasteiger partial charge >= 0.3 is 0 Å². The number of nitrogens with one attached hydrogen (secondary N) is 1. The first-order valence-electron chi connectivity index (χ1n) is 9.35. The van der Waals surface area contributed by atoms with Crippen LogP contribution in [-0.4, -0.2) is 41.5 Å². The van der Waals surface area contributed by atoms with Gasteiger partial charge in [0.2, 0.25) is 0 Å². The van der Waals surface area contributed by atoms with Gasteiger partial charge in [-0.15, -0.1) is 23.1 Å². The van der Waals surface area contributed by atoms with Crippen molar-refractivity contribution in [2.45, 2.75) is 49.3 Å². The molecular weight excluding hydrogens is 362 g/mol. The van der Waals surface area contributed by atoms with Crippen molar-refractivity contribution in [1.29, 1.82) is 0 Å². The number of nitrogens with zero attached hydrogens (tertiary/aromatic N) is 2. The number of thioether (sulfide) groups is 1. The van der Waals surface area contributed by atoms with Crippen LogP contribution in [0.2, 0.25) is 0 Å². The number of hydrogen-bond acceptors (Lipinski definition) is 5. The van der Waals surface area contributed by atoms with E-state index in [2.05, 4.69) is 27.5 Å². The summed E-state index contributed by atoms with van der Waals surface area (Å²) in [6.45, 7) is 5.31. The van der Waals surface area contributed by atoms with Crippen LogP contribution in [0, 0.1) is 0 Å². The predicted molar refractivity (Wildman–Crippen MR) is 110 cm³/mol. The molecule has 1 unspecified atom stereocenters. The third kappa shape index (κ3) is 5.56. The zero-order valence-corrected chi connectivity index (χ0v) is 17.0. The van der Waals surface area contributed by atoms with Crippen LogP contribution < -0.4 is 5.32 Å². The molecule has 0 spiro atoms. The van der Waals surface area contributed by atoms with Crippen molar-refractivity contribution in [2.24, 2.45) is 0 Å². The summed E-state index contributed by atoms with van der Waals surface area (Å²) in [4.78, 5) is 20.5. The number of carbonyl (C=O) groups is 1. The zero-order valence-electron chi connectivity index (χ0n) is 15.3. The van der Waals surface area contributed by atoms with E-state index in [1.165, 1.54) is 25.8 Å². The molecule has 0 radical (unpaired) electrons. The number of amides is 1. The Labute approximate surface area is 164 Å². The van der Waals surface area contributed by atoms with Crippen LogP contribution in [0.3, 0.4) is 0 Å². The van der Waals surface area contributed by atoms with Crippen molar-refractivity contribution in [3.05, 3.63) is 46.4 Å². The van der Waals surface area contributed by atoms with E-state index in [0.29, 0.717) is 6.04 Å². The normalized spacial score (nSPS) is 18.0. The molecule has 1 aliphatic rings. The highest BCUT2D eigenvalue weighted by Crippen LogP contribution is 2.26. The zero-order chi connectivity index (χ0) is 18.2. The van der Waals surface area contributed by atoms with Crippen LogP contribution in [0.15, 0.2) is 40.1 Å². The van der Waals surface area contributed by atoms with Gasteiger partial charge in [-0.1, -0.05) is 18.6 Å². The predicted octanol–water partition coefficient (Wildman–Crippen LogP) is 4.43. The maximum absolute atomic E-state index is 12.6. The molecule has 2 heterocycles. The number of thiazole rings is 1. The Morgan fingerprint density at radius 1 is 1.38 bits per heavy atom. The highest BCUT2D eigenvalue weighted by Gasteiger charge is 2.17. The molecule has 26 heavy (non-hydrogen) atoms. The fourth-order valence-electron chi connectivity index (χ4n) is 3.31. The molecule has 4 nitrogen and oxygen atoms in total. The molecule has 1 aromatic carbocycles. The molecule has 1 fully saturated rings. The van der Waals surface area contributed by atoms with Crippen LogP contribution >= 0.6 is 23.1 Å². The summed E-state index contributed by atoms with van der Waals surface area (Å²) in [5.41, 5.74) is 3.67. The standard InChI is InChI=1S/C20H27N3OS2/c1-16-7-4-5-11-23(16)12-6-10-21-20(24)18-8-2-3-9-19(18)26-14-17-13-25-15-22-17/h2-3,8-9,13,15-16H,4-7,10-12,14H2,1H3,(H,21,24). The lowest BCUT2D eigenvalue weighted by Crippen LogP contribution is -2.39. The second-order valence-corrected chi connectivity index (χ2v) is 8.49. The number of hydrogen-bond donors (Lipinski definition) is 1. The molecule has 1 amide bonds. The Kier molecular flexibility index (Phi) is 7.53. The Hall–Kier alpha value is -1.37. The fourth-order valence-corrected chi connectivity index (χ4v) is 4.93. The van der Waals surface area contributed by atoms with Crippen LogP contribution in [0.25, 0.3) is 0 Å². The molecule has 1 aliphatic heterocycles. The van der Waals surface area contributed by atoms with Gasteiger partial charge in [-0.3, -0.25) is 4.79 Å². The van der Waals surface area contributed by atoms with E-state index in [0.717, 1.165) is 41.4 Å². The van der Waals surface area contributed by atoms with Gasteiger partial charge in [0.25, 0.3) is 5.91 Å². The van der Waals surface area contributed by atoms with Gasteiger partial charge in [-0.25, -0.2) is 4.98 Å². The van der Waals surface area contributed by atoms with Crippen molar-refractivity contribution in [3.63, 3.8) is 0 Å². The first-order chi connectivity index (χ1) is 12.7. The van der Waals surface area contributed by atoms with Gasteiger partial charge in [0, 0.05) is 35.2 Å². The Morgan fingerprint density at radius 3 is 3.08 bits per heavy atom. The van der Waals surface area contributed by atoms with Gasteiger partial charge < -0.3 is 10.2 Å². The van der Waals surface area contributed by atoms with Gasteiger partial charge in [0.1, 0.15) is 0 Å². The van der Waals surface area contributed by atoms with Crippen molar-refractivity contribution in [1.82, 2.24) is 15.2 Å². The molecule has 1 aromatic heterocycles.